The monoisotopic (exact) mass is 390 g/mol. The Labute approximate surface area is 171 Å². The van der Waals surface area contributed by atoms with E-state index in [1.807, 2.05) is 42.5 Å². The number of para-hydroxylation sites is 1. The van der Waals surface area contributed by atoms with E-state index in [0.717, 1.165) is 23.4 Å². The number of rotatable bonds is 8. The van der Waals surface area contributed by atoms with Crippen LogP contribution < -0.4 is 15.4 Å². The second kappa shape index (κ2) is 9.68. The molecular formula is C23H26N4O2. The van der Waals surface area contributed by atoms with Crippen molar-refractivity contribution in [2.75, 3.05) is 19.0 Å². The van der Waals surface area contributed by atoms with Gasteiger partial charge >= 0.3 is 0 Å². The SMILES string of the molecule is COc1ccc(CCNC(=O)c2cnc(Nc3ccccc3C(C)C)cn2)cc1. The summed E-state index contributed by atoms with van der Waals surface area (Å²) in [5, 5.41) is 6.15. The van der Waals surface area contributed by atoms with Crippen LogP contribution >= 0.6 is 0 Å². The van der Waals surface area contributed by atoms with Crippen LogP contribution in [0.2, 0.25) is 0 Å². The maximum atomic E-state index is 12.3. The predicted octanol–water partition coefficient (Wildman–Crippen LogP) is 4.32. The Morgan fingerprint density at radius 3 is 2.45 bits per heavy atom. The molecule has 0 aliphatic heterocycles. The van der Waals surface area contributed by atoms with E-state index >= 15 is 0 Å². The number of hydrogen-bond donors (Lipinski definition) is 2. The number of hydrogen-bond acceptors (Lipinski definition) is 5. The molecule has 3 aromatic rings. The van der Waals surface area contributed by atoms with E-state index in [1.165, 1.54) is 11.8 Å². The van der Waals surface area contributed by atoms with Crippen molar-refractivity contribution in [2.45, 2.75) is 26.2 Å². The van der Waals surface area contributed by atoms with Crippen LogP contribution in [0.25, 0.3) is 0 Å². The molecule has 3 rings (SSSR count). The number of amides is 1. The minimum atomic E-state index is -0.236. The fourth-order valence-electron chi connectivity index (χ4n) is 2.97. The summed E-state index contributed by atoms with van der Waals surface area (Å²) in [5.41, 5.74) is 3.62. The molecule has 2 N–H and O–H groups in total. The number of carbonyl (C=O) groups excluding carboxylic acids is 1. The lowest BCUT2D eigenvalue weighted by Crippen LogP contribution is -2.26. The molecular weight excluding hydrogens is 364 g/mol. The molecule has 0 unspecified atom stereocenters. The number of benzene rings is 2. The largest absolute Gasteiger partial charge is 0.497 e. The van der Waals surface area contributed by atoms with Gasteiger partial charge in [-0.1, -0.05) is 44.2 Å². The molecule has 0 radical (unpaired) electrons. The standard InChI is InChI=1S/C23H26N4O2/c1-16(2)19-6-4-5-7-20(19)27-22-15-25-21(14-26-22)23(28)24-13-12-17-8-10-18(29-3)11-9-17/h4-11,14-16H,12-13H2,1-3H3,(H,24,28)(H,26,27). The first-order valence-electron chi connectivity index (χ1n) is 9.66. The number of methoxy groups -OCH3 is 1. The highest BCUT2D eigenvalue weighted by Gasteiger charge is 2.10. The van der Waals surface area contributed by atoms with Crippen molar-refractivity contribution in [1.82, 2.24) is 15.3 Å². The molecule has 150 valence electrons. The number of carbonyl (C=O) groups is 1. The Bertz CT molecular complexity index is 938. The number of anilines is 2. The molecule has 0 bridgehead atoms. The Kier molecular flexibility index (Phi) is 6.79. The van der Waals surface area contributed by atoms with Crippen molar-refractivity contribution >= 4 is 17.4 Å². The first-order chi connectivity index (χ1) is 14.1. The summed E-state index contributed by atoms with van der Waals surface area (Å²) in [6, 6.07) is 15.9. The molecule has 0 aliphatic rings. The number of nitrogens with one attached hydrogen (secondary N) is 2. The highest BCUT2D eigenvalue weighted by molar-refractivity contribution is 5.92. The van der Waals surface area contributed by atoms with Crippen LogP contribution in [0.4, 0.5) is 11.5 Å². The third kappa shape index (κ3) is 5.54. The fourth-order valence-corrected chi connectivity index (χ4v) is 2.97. The Morgan fingerprint density at radius 1 is 1.03 bits per heavy atom. The van der Waals surface area contributed by atoms with E-state index in [0.29, 0.717) is 24.0 Å². The minimum absolute atomic E-state index is 0.236. The average Bonchev–Trinajstić information content (AvgIpc) is 2.75. The molecule has 29 heavy (non-hydrogen) atoms. The van der Waals surface area contributed by atoms with Crippen molar-refractivity contribution in [3.8, 4) is 5.75 Å². The van der Waals surface area contributed by atoms with E-state index in [4.69, 9.17) is 4.74 Å². The summed E-state index contributed by atoms with van der Waals surface area (Å²) in [6.07, 6.45) is 3.80. The zero-order valence-electron chi connectivity index (χ0n) is 17.0. The average molecular weight is 390 g/mol. The molecule has 0 atom stereocenters. The molecule has 0 aliphatic carbocycles. The van der Waals surface area contributed by atoms with E-state index in [9.17, 15) is 4.79 Å². The summed E-state index contributed by atoms with van der Waals surface area (Å²) in [4.78, 5) is 20.9. The summed E-state index contributed by atoms with van der Waals surface area (Å²) >= 11 is 0. The second-order valence-electron chi connectivity index (χ2n) is 7.01. The van der Waals surface area contributed by atoms with Crippen LogP contribution in [0.15, 0.2) is 60.9 Å². The summed E-state index contributed by atoms with van der Waals surface area (Å²) in [7, 11) is 1.64. The van der Waals surface area contributed by atoms with E-state index < -0.39 is 0 Å². The fraction of sp³-hybridized carbons (Fsp3) is 0.261. The van der Waals surface area contributed by atoms with E-state index in [-0.39, 0.29) is 5.91 Å². The molecule has 2 aromatic carbocycles. The van der Waals surface area contributed by atoms with Gasteiger partial charge in [0, 0.05) is 12.2 Å². The summed E-state index contributed by atoms with van der Waals surface area (Å²) in [6.45, 7) is 4.81. The van der Waals surface area contributed by atoms with Gasteiger partial charge in [-0.3, -0.25) is 4.79 Å². The van der Waals surface area contributed by atoms with Crippen LogP contribution in [0, 0.1) is 0 Å². The normalized spacial score (nSPS) is 10.6. The van der Waals surface area contributed by atoms with Crippen LogP contribution in [-0.4, -0.2) is 29.5 Å². The van der Waals surface area contributed by atoms with Crippen LogP contribution in [0.3, 0.4) is 0 Å². The van der Waals surface area contributed by atoms with Gasteiger partial charge in [-0.05, 0) is 41.7 Å². The maximum Gasteiger partial charge on any atom is 0.271 e. The lowest BCUT2D eigenvalue weighted by atomic mass is 10.0. The van der Waals surface area contributed by atoms with Crippen LogP contribution in [0.1, 0.15) is 41.4 Å². The molecule has 0 saturated carbocycles. The summed E-state index contributed by atoms with van der Waals surface area (Å²) < 4.78 is 5.14. The van der Waals surface area contributed by atoms with Gasteiger partial charge in [-0.2, -0.15) is 0 Å². The van der Waals surface area contributed by atoms with Gasteiger partial charge in [-0.15, -0.1) is 0 Å². The Morgan fingerprint density at radius 2 is 1.79 bits per heavy atom. The molecule has 6 heteroatoms. The van der Waals surface area contributed by atoms with Crippen LogP contribution in [0.5, 0.6) is 5.75 Å². The molecule has 1 heterocycles. The van der Waals surface area contributed by atoms with Gasteiger partial charge in [0.25, 0.3) is 5.91 Å². The van der Waals surface area contributed by atoms with Crippen LogP contribution in [-0.2, 0) is 6.42 Å². The van der Waals surface area contributed by atoms with Gasteiger partial charge < -0.3 is 15.4 Å². The third-order valence-electron chi connectivity index (χ3n) is 4.59. The topological polar surface area (TPSA) is 76.1 Å². The molecule has 0 saturated heterocycles. The lowest BCUT2D eigenvalue weighted by Gasteiger charge is -2.13. The molecule has 1 aromatic heterocycles. The van der Waals surface area contributed by atoms with Crippen molar-refractivity contribution in [1.29, 1.82) is 0 Å². The second-order valence-corrected chi connectivity index (χ2v) is 7.01. The third-order valence-corrected chi connectivity index (χ3v) is 4.59. The molecule has 1 amide bonds. The van der Waals surface area contributed by atoms with Gasteiger partial charge in [0.1, 0.15) is 17.3 Å². The zero-order valence-corrected chi connectivity index (χ0v) is 17.0. The maximum absolute atomic E-state index is 12.3. The Balaban J connectivity index is 1.54. The van der Waals surface area contributed by atoms with E-state index in [1.54, 1.807) is 13.3 Å². The lowest BCUT2D eigenvalue weighted by molar-refractivity contribution is 0.0949. The highest BCUT2D eigenvalue weighted by atomic mass is 16.5. The van der Waals surface area contributed by atoms with Crippen molar-refractivity contribution in [2.24, 2.45) is 0 Å². The highest BCUT2D eigenvalue weighted by Crippen LogP contribution is 2.25. The molecule has 6 nitrogen and oxygen atoms in total. The van der Waals surface area contributed by atoms with Gasteiger partial charge in [0.2, 0.25) is 0 Å². The molecule has 0 spiro atoms. The number of nitrogens with zero attached hydrogens (tertiary/aromatic N) is 2. The Hall–Kier alpha value is -3.41. The first-order valence-corrected chi connectivity index (χ1v) is 9.66. The smallest absolute Gasteiger partial charge is 0.271 e. The van der Waals surface area contributed by atoms with Gasteiger partial charge in [0.15, 0.2) is 0 Å². The first kappa shape index (κ1) is 20.3. The number of aromatic nitrogens is 2. The number of ether oxygens (including phenoxy) is 1. The quantitative estimate of drug-likeness (QED) is 0.599. The predicted molar refractivity (Wildman–Crippen MR) is 115 cm³/mol. The molecule has 0 fully saturated rings. The summed E-state index contributed by atoms with van der Waals surface area (Å²) in [5.74, 6) is 1.58. The zero-order chi connectivity index (χ0) is 20.6. The van der Waals surface area contributed by atoms with Gasteiger partial charge in [-0.25, -0.2) is 9.97 Å². The van der Waals surface area contributed by atoms with Crippen molar-refractivity contribution in [3.05, 3.63) is 77.7 Å². The van der Waals surface area contributed by atoms with Gasteiger partial charge in [0.05, 0.1) is 19.5 Å². The van der Waals surface area contributed by atoms with Crippen molar-refractivity contribution < 1.29 is 9.53 Å². The minimum Gasteiger partial charge on any atom is -0.497 e. The van der Waals surface area contributed by atoms with E-state index in [2.05, 4.69) is 40.5 Å². The van der Waals surface area contributed by atoms with Crippen molar-refractivity contribution in [3.63, 3.8) is 0 Å².